The third-order valence-electron chi connectivity index (χ3n) is 5.18. The van der Waals surface area contributed by atoms with E-state index in [1.165, 1.54) is 11.1 Å². The van der Waals surface area contributed by atoms with Crippen molar-refractivity contribution in [1.82, 2.24) is 5.32 Å². The van der Waals surface area contributed by atoms with Gasteiger partial charge in [0.25, 0.3) is 0 Å². The van der Waals surface area contributed by atoms with Crippen molar-refractivity contribution in [2.24, 2.45) is 0 Å². The van der Waals surface area contributed by atoms with Gasteiger partial charge in [-0.3, -0.25) is 0 Å². The molecule has 0 amide bonds. The fraction of sp³-hybridized carbons (Fsp3) is 0.357. The maximum Gasteiger partial charge on any atom is 0.119 e. The number of para-hydroxylation sites is 1. The molecule has 5 nitrogen and oxygen atoms in total. The van der Waals surface area contributed by atoms with Crippen molar-refractivity contribution in [3.8, 4) is 11.5 Å². The van der Waals surface area contributed by atoms with Crippen molar-refractivity contribution in [2.75, 3.05) is 39.5 Å². The molecule has 0 aromatic heterocycles. The minimum Gasteiger partial charge on any atom is -0.491 e. The molecular weight excluding hydrogens is 414 g/mol. The third kappa shape index (κ3) is 10.5. The Hall–Kier alpha value is -2.86. The van der Waals surface area contributed by atoms with Crippen LogP contribution in [-0.4, -0.2) is 50.7 Å². The van der Waals surface area contributed by atoms with E-state index in [4.69, 9.17) is 14.2 Å². The number of ether oxygens (including phenoxy) is 3. The molecule has 0 saturated heterocycles. The second-order valence-corrected chi connectivity index (χ2v) is 7.93. The van der Waals surface area contributed by atoms with Crippen LogP contribution in [0.5, 0.6) is 11.5 Å². The van der Waals surface area contributed by atoms with Gasteiger partial charge in [-0.25, -0.2) is 0 Å². The molecule has 33 heavy (non-hydrogen) atoms. The Bertz CT molecular complexity index is 871. The average Bonchev–Trinajstić information content (AvgIpc) is 2.87. The molecular formula is C28H35NO4. The number of hydrogen-bond acceptors (Lipinski definition) is 5. The van der Waals surface area contributed by atoms with Crippen molar-refractivity contribution in [3.05, 3.63) is 96.1 Å². The molecule has 0 heterocycles. The van der Waals surface area contributed by atoms with E-state index in [0.29, 0.717) is 26.4 Å². The van der Waals surface area contributed by atoms with Gasteiger partial charge in [-0.2, -0.15) is 0 Å². The summed E-state index contributed by atoms with van der Waals surface area (Å²) >= 11 is 0. The van der Waals surface area contributed by atoms with Crippen LogP contribution in [0.2, 0.25) is 0 Å². The molecule has 0 spiro atoms. The second kappa shape index (κ2) is 15.1. The lowest BCUT2D eigenvalue weighted by Gasteiger charge is -2.13. The summed E-state index contributed by atoms with van der Waals surface area (Å²) in [5.41, 5.74) is 2.56. The van der Waals surface area contributed by atoms with E-state index in [9.17, 15) is 5.11 Å². The monoisotopic (exact) mass is 449 g/mol. The Morgan fingerprint density at radius 1 is 0.667 bits per heavy atom. The first-order valence-corrected chi connectivity index (χ1v) is 11.7. The molecule has 2 N–H and O–H groups in total. The van der Waals surface area contributed by atoms with Gasteiger partial charge in [-0.05, 0) is 61.2 Å². The number of hydrogen-bond donors (Lipinski definition) is 2. The van der Waals surface area contributed by atoms with E-state index in [1.807, 2.05) is 60.7 Å². The predicted octanol–water partition coefficient (Wildman–Crippen LogP) is 4.29. The van der Waals surface area contributed by atoms with Crippen LogP contribution in [0.25, 0.3) is 0 Å². The number of aliphatic hydroxyl groups is 1. The van der Waals surface area contributed by atoms with E-state index in [2.05, 4.69) is 29.6 Å². The fourth-order valence-electron chi connectivity index (χ4n) is 3.36. The second-order valence-electron chi connectivity index (χ2n) is 7.93. The molecule has 176 valence electrons. The van der Waals surface area contributed by atoms with E-state index in [0.717, 1.165) is 37.3 Å². The summed E-state index contributed by atoms with van der Waals surface area (Å²) in [6.07, 6.45) is 2.38. The zero-order chi connectivity index (χ0) is 23.0. The van der Waals surface area contributed by atoms with Crippen LogP contribution in [-0.2, 0) is 17.6 Å². The molecule has 1 unspecified atom stereocenters. The van der Waals surface area contributed by atoms with Crippen LogP contribution in [0.4, 0.5) is 0 Å². The summed E-state index contributed by atoms with van der Waals surface area (Å²) in [7, 11) is 0. The van der Waals surface area contributed by atoms with Gasteiger partial charge in [-0.15, -0.1) is 0 Å². The highest BCUT2D eigenvalue weighted by atomic mass is 16.5. The van der Waals surface area contributed by atoms with Gasteiger partial charge in [-0.1, -0.05) is 60.7 Å². The summed E-state index contributed by atoms with van der Waals surface area (Å²) in [6, 6.07) is 28.1. The highest BCUT2D eigenvalue weighted by Crippen LogP contribution is 2.13. The zero-order valence-corrected chi connectivity index (χ0v) is 19.2. The topological polar surface area (TPSA) is 60.0 Å². The smallest absolute Gasteiger partial charge is 0.119 e. The van der Waals surface area contributed by atoms with Gasteiger partial charge in [0, 0.05) is 6.54 Å². The van der Waals surface area contributed by atoms with Gasteiger partial charge >= 0.3 is 0 Å². The number of rotatable bonds is 16. The SMILES string of the molecule is OC(CNCCCc1ccc(OCCOCCc2ccccc2)cc1)COc1ccccc1. The minimum atomic E-state index is -0.524. The van der Waals surface area contributed by atoms with Crippen LogP contribution in [0.15, 0.2) is 84.9 Å². The molecule has 0 aliphatic rings. The molecule has 0 fully saturated rings. The van der Waals surface area contributed by atoms with Gasteiger partial charge in [0.2, 0.25) is 0 Å². The Morgan fingerprint density at radius 2 is 1.33 bits per heavy atom. The van der Waals surface area contributed by atoms with Crippen molar-refractivity contribution in [3.63, 3.8) is 0 Å². The van der Waals surface area contributed by atoms with Crippen molar-refractivity contribution in [2.45, 2.75) is 25.4 Å². The number of aliphatic hydroxyl groups excluding tert-OH is 1. The Morgan fingerprint density at radius 3 is 2.09 bits per heavy atom. The van der Waals surface area contributed by atoms with Crippen LogP contribution >= 0.6 is 0 Å². The highest BCUT2D eigenvalue weighted by molar-refractivity contribution is 5.27. The Kier molecular flexibility index (Phi) is 11.3. The standard InChI is InChI=1S/C28H35NO4/c30-26(23-33-27-11-5-2-6-12-27)22-29-18-7-10-25-13-15-28(16-14-25)32-21-20-31-19-17-24-8-3-1-4-9-24/h1-6,8-9,11-16,26,29-30H,7,10,17-23H2. The Balaban J connectivity index is 1.18. The summed E-state index contributed by atoms with van der Waals surface area (Å²) in [5, 5.41) is 13.3. The lowest BCUT2D eigenvalue weighted by atomic mass is 10.1. The first-order chi connectivity index (χ1) is 16.3. The average molecular weight is 450 g/mol. The fourth-order valence-corrected chi connectivity index (χ4v) is 3.36. The first-order valence-electron chi connectivity index (χ1n) is 11.7. The number of benzene rings is 3. The van der Waals surface area contributed by atoms with E-state index < -0.39 is 6.10 Å². The van der Waals surface area contributed by atoms with E-state index in [1.54, 1.807) is 0 Å². The van der Waals surface area contributed by atoms with Crippen molar-refractivity contribution in [1.29, 1.82) is 0 Å². The summed E-state index contributed by atoms with van der Waals surface area (Å²) in [5.74, 6) is 1.64. The Labute approximate surface area is 197 Å². The first kappa shape index (κ1) is 24.8. The summed E-state index contributed by atoms with van der Waals surface area (Å²) in [6.45, 7) is 3.50. The van der Waals surface area contributed by atoms with Crippen LogP contribution in [0, 0.1) is 0 Å². The molecule has 3 rings (SSSR count). The minimum absolute atomic E-state index is 0.288. The van der Waals surface area contributed by atoms with Gasteiger partial charge in [0.1, 0.15) is 30.8 Å². The molecule has 0 bridgehead atoms. The van der Waals surface area contributed by atoms with Gasteiger partial charge in [0.05, 0.1) is 13.2 Å². The summed E-state index contributed by atoms with van der Waals surface area (Å²) < 4.78 is 17.0. The van der Waals surface area contributed by atoms with E-state index in [-0.39, 0.29) is 6.61 Å². The molecule has 3 aromatic rings. The van der Waals surface area contributed by atoms with Crippen LogP contribution in [0.1, 0.15) is 17.5 Å². The van der Waals surface area contributed by atoms with Gasteiger partial charge < -0.3 is 24.6 Å². The molecule has 0 radical (unpaired) electrons. The van der Waals surface area contributed by atoms with Crippen molar-refractivity contribution >= 4 is 0 Å². The van der Waals surface area contributed by atoms with Crippen LogP contribution in [0.3, 0.4) is 0 Å². The maximum atomic E-state index is 10.0. The maximum absolute atomic E-state index is 10.0. The molecule has 0 saturated carbocycles. The van der Waals surface area contributed by atoms with Crippen molar-refractivity contribution < 1.29 is 19.3 Å². The third-order valence-corrected chi connectivity index (χ3v) is 5.18. The molecule has 5 heteroatoms. The van der Waals surface area contributed by atoms with Crippen LogP contribution < -0.4 is 14.8 Å². The molecule has 0 aliphatic carbocycles. The lowest BCUT2D eigenvalue weighted by molar-refractivity contribution is 0.102. The quantitative estimate of drug-likeness (QED) is 0.320. The predicted molar refractivity (Wildman–Crippen MR) is 132 cm³/mol. The molecule has 0 aliphatic heterocycles. The number of nitrogens with one attached hydrogen (secondary N) is 1. The molecule has 3 aromatic carbocycles. The largest absolute Gasteiger partial charge is 0.491 e. The highest BCUT2D eigenvalue weighted by Gasteiger charge is 2.04. The van der Waals surface area contributed by atoms with Gasteiger partial charge in [0.15, 0.2) is 0 Å². The molecule has 1 atom stereocenters. The summed E-state index contributed by atoms with van der Waals surface area (Å²) in [4.78, 5) is 0. The lowest BCUT2D eigenvalue weighted by Crippen LogP contribution is -2.32. The normalized spacial score (nSPS) is 11.8. The number of aryl methyl sites for hydroxylation is 1. The van der Waals surface area contributed by atoms with E-state index >= 15 is 0 Å². The zero-order valence-electron chi connectivity index (χ0n) is 19.2.